The van der Waals surface area contributed by atoms with Crippen LogP contribution in [-0.2, 0) is 4.74 Å². The van der Waals surface area contributed by atoms with Crippen molar-refractivity contribution in [2.24, 2.45) is 0 Å². The topological polar surface area (TPSA) is 69.4 Å². The van der Waals surface area contributed by atoms with Gasteiger partial charge in [0, 0.05) is 0 Å². The van der Waals surface area contributed by atoms with Crippen LogP contribution >= 0.6 is 11.6 Å². The molecule has 0 aliphatic rings. The van der Waals surface area contributed by atoms with Gasteiger partial charge in [0.2, 0.25) is 0 Å². The average Bonchev–Trinajstić information content (AvgIpc) is 2.21. The largest absolute Gasteiger partial charge is 0.462 e. The number of hydrogen-bond acceptors (Lipinski definition) is 4. The molecule has 0 bridgehead atoms. The van der Waals surface area contributed by atoms with Gasteiger partial charge in [0.15, 0.2) is 0 Å². The van der Waals surface area contributed by atoms with Gasteiger partial charge in [-0.1, -0.05) is 11.6 Å². The lowest BCUT2D eigenvalue weighted by atomic mass is 10.2. The van der Waals surface area contributed by atoms with Crippen molar-refractivity contribution in [1.82, 2.24) is 0 Å². The van der Waals surface area contributed by atoms with Gasteiger partial charge in [-0.25, -0.2) is 9.18 Å². The molecule has 0 unspecified atom stereocenters. The van der Waals surface area contributed by atoms with Crippen LogP contribution in [0.5, 0.6) is 0 Å². The molecule has 0 spiro atoms. The molecule has 86 valence electrons. The zero-order valence-electron chi connectivity index (χ0n) is 8.20. The minimum atomic E-state index is -0.957. The summed E-state index contributed by atoms with van der Waals surface area (Å²) in [7, 11) is 0. The van der Waals surface area contributed by atoms with Crippen molar-refractivity contribution in [3.63, 3.8) is 0 Å². The summed E-state index contributed by atoms with van der Waals surface area (Å²) in [5.41, 5.74) is -1.03. The summed E-state index contributed by atoms with van der Waals surface area (Å²) in [4.78, 5) is 21.0. The van der Waals surface area contributed by atoms with Crippen LogP contribution in [0.15, 0.2) is 12.1 Å². The van der Waals surface area contributed by atoms with Gasteiger partial charge >= 0.3 is 5.97 Å². The molecule has 0 amide bonds. The third-order valence-corrected chi connectivity index (χ3v) is 2.02. The van der Waals surface area contributed by atoms with Crippen LogP contribution in [-0.4, -0.2) is 17.5 Å². The van der Waals surface area contributed by atoms with E-state index in [9.17, 15) is 19.3 Å². The number of ether oxygens (including phenoxy) is 1. The molecule has 16 heavy (non-hydrogen) atoms. The van der Waals surface area contributed by atoms with Crippen molar-refractivity contribution in [2.75, 3.05) is 6.61 Å². The molecular weight excluding hydrogens is 241 g/mol. The van der Waals surface area contributed by atoms with Crippen LogP contribution in [0.25, 0.3) is 0 Å². The number of nitro groups is 1. The number of halogens is 2. The van der Waals surface area contributed by atoms with Gasteiger partial charge in [-0.2, -0.15) is 0 Å². The molecule has 1 aromatic carbocycles. The summed E-state index contributed by atoms with van der Waals surface area (Å²) in [6, 6.07) is 1.47. The van der Waals surface area contributed by atoms with Crippen LogP contribution in [0, 0.1) is 15.9 Å². The first-order valence-corrected chi connectivity index (χ1v) is 4.65. The molecule has 0 heterocycles. The van der Waals surface area contributed by atoms with Gasteiger partial charge in [-0.15, -0.1) is 0 Å². The van der Waals surface area contributed by atoms with Crippen molar-refractivity contribution >= 4 is 23.3 Å². The monoisotopic (exact) mass is 247 g/mol. The molecule has 0 aliphatic heterocycles. The van der Waals surface area contributed by atoms with Crippen molar-refractivity contribution < 1.29 is 18.8 Å². The second kappa shape index (κ2) is 4.89. The maximum absolute atomic E-state index is 13.0. The summed E-state index contributed by atoms with van der Waals surface area (Å²) in [6.07, 6.45) is 0. The second-order valence-electron chi connectivity index (χ2n) is 2.76. The predicted octanol–water partition coefficient (Wildman–Crippen LogP) is 2.56. The fraction of sp³-hybridized carbons (Fsp3) is 0.222. The van der Waals surface area contributed by atoms with Gasteiger partial charge in [0.05, 0.1) is 22.6 Å². The van der Waals surface area contributed by atoms with E-state index in [0.29, 0.717) is 6.07 Å². The molecule has 0 saturated heterocycles. The fourth-order valence-corrected chi connectivity index (χ4v) is 1.22. The first-order valence-electron chi connectivity index (χ1n) is 4.28. The van der Waals surface area contributed by atoms with Gasteiger partial charge in [-0.3, -0.25) is 10.1 Å². The minimum absolute atomic E-state index is 0.0605. The molecule has 5 nitrogen and oxygen atoms in total. The Kier molecular flexibility index (Phi) is 3.78. The van der Waals surface area contributed by atoms with Crippen LogP contribution in [0.2, 0.25) is 5.02 Å². The van der Waals surface area contributed by atoms with E-state index in [4.69, 9.17) is 11.6 Å². The lowest BCUT2D eigenvalue weighted by Crippen LogP contribution is -2.08. The quantitative estimate of drug-likeness (QED) is 0.468. The Bertz CT molecular complexity index is 449. The Balaban J connectivity index is 3.30. The Morgan fingerprint density at radius 3 is 2.75 bits per heavy atom. The molecule has 7 heteroatoms. The van der Waals surface area contributed by atoms with Crippen LogP contribution in [0.4, 0.5) is 10.1 Å². The molecule has 1 aromatic rings. The molecule has 0 fully saturated rings. The van der Waals surface area contributed by atoms with Crippen molar-refractivity contribution in [3.8, 4) is 0 Å². The van der Waals surface area contributed by atoms with E-state index in [1.54, 1.807) is 6.92 Å². The van der Waals surface area contributed by atoms with E-state index in [2.05, 4.69) is 4.74 Å². The molecule has 0 aromatic heterocycles. The smallest absolute Gasteiger partial charge is 0.345 e. The van der Waals surface area contributed by atoms with E-state index in [1.165, 1.54) is 0 Å². The summed E-state index contributed by atoms with van der Waals surface area (Å²) < 4.78 is 17.6. The molecule has 0 aliphatic carbocycles. The third kappa shape index (κ3) is 2.46. The van der Waals surface area contributed by atoms with Gasteiger partial charge in [0.25, 0.3) is 5.69 Å². The molecule has 0 radical (unpaired) electrons. The number of nitro benzene ring substituents is 1. The van der Waals surface area contributed by atoms with Crippen molar-refractivity contribution in [3.05, 3.63) is 38.7 Å². The maximum atomic E-state index is 13.0. The van der Waals surface area contributed by atoms with Gasteiger partial charge in [0.1, 0.15) is 11.4 Å². The number of rotatable bonds is 3. The number of esters is 1. The number of nitrogens with zero attached hydrogens (tertiary/aromatic N) is 1. The van der Waals surface area contributed by atoms with E-state index in [0.717, 1.165) is 6.07 Å². The molecule has 1 rings (SSSR count). The van der Waals surface area contributed by atoms with Crippen LogP contribution in [0.3, 0.4) is 0 Å². The van der Waals surface area contributed by atoms with E-state index in [1.807, 2.05) is 0 Å². The SMILES string of the molecule is CCOC(=O)c1cc(Cl)c(F)cc1[N+](=O)[O-]. The van der Waals surface area contributed by atoms with E-state index < -0.39 is 22.4 Å². The highest BCUT2D eigenvalue weighted by Gasteiger charge is 2.24. The predicted molar refractivity (Wildman–Crippen MR) is 54.0 cm³/mol. The third-order valence-electron chi connectivity index (χ3n) is 1.73. The number of carbonyl (C=O) groups is 1. The lowest BCUT2D eigenvalue weighted by molar-refractivity contribution is -0.385. The first-order chi connectivity index (χ1) is 7.47. The second-order valence-corrected chi connectivity index (χ2v) is 3.17. The number of hydrogen-bond donors (Lipinski definition) is 0. The number of benzene rings is 1. The average molecular weight is 248 g/mol. The first kappa shape index (κ1) is 12.4. The normalized spacial score (nSPS) is 9.94. The Labute approximate surface area is 94.9 Å². The Morgan fingerprint density at radius 1 is 1.62 bits per heavy atom. The molecule has 0 N–H and O–H groups in total. The highest BCUT2D eigenvalue weighted by Crippen LogP contribution is 2.26. The standard InChI is InChI=1S/C9H7ClFNO4/c1-2-16-9(13)5-3-6(10)7(11)4-8(5)12(14)15/h3-4H,2H2,1H3. The minimum Gasteiger partial charge on any atom is -0.462 e. The maximum Gasteiger partial charge on any atom is 0.345 e. The number of carbonyl (C=O) groups excluding carboxylic acids is 1. The van der Waals surface area contributed by atoms with Crippen LogP contribution in [0.1, 0.15) is 17.3 Å². The van der Waals surface area contributed by atoms with Gasteiger partial charge in [-0.05, 0) is 13.0 Å². The highest BCUT2D eigenvalue weighted by atomic mass is 35.5. The zero-order chi connectivity index (χ0) is 12.3. The Hall–Kier alpha value is -1.69. The van der Waals surface area contributed by atoms with Gasteiger partial charge < -0.3 is 4.74 Å². The summed E-state index contributed by atoms with van der Waals surface area (Å²) in [5.74, 6) is -1.86. The summed E-state index contributed by atoms with van der Waals surface area (Å²) in [6.45, 7) is 1.61. The Morgan fingerprint density at radius 2 is 2.25 bits per heavy atom. The molecule has 0 atom stereocenters. The highest BCUT2D eigenvalue weighted by molar-refractivity contribution is 6.31. The van der Waals surface area contributed by atoms with Crippen molar-refractivity contribution in [1.29, 1.82) is 0 Å². The van der Waals surface area contributed by atoms with Crippen LogP contribution < -0.4 is 0 Å². The fourth-order valence-electron chi connectivity index (χ4n) is 1.06. The van der Waals surface area contributed by atoms with E-state index in [-0.39, 0.29) is 17.2 Å². The lowest BCUT2D eigenvalue weighted by Gasteiger charge is -2.03. The van der Waals surface area contributed by atoms with E-state index >= 15 is 0 Å². The zero-order valence-corrected chi connectivity index (χ0v) is 8.95. The van der Waals surface area contributed by atoms with Crippen molar-refractivity contribution in [2.45, 2.75) is 6.92 Å². The summed E-state index contributed by atoms with van der Waals surface area (Å²) in [5, 5.41) is 10.2. The molecular formula is C9H7ClFNO4. The molecule has 0 saturated carbocycles. The summed E-state index contributed by atoms with van der Waals surface area (Å²) >= 11 is 5.43.